The molecule has 0 spiro atoms. The Morgan fingerprint density at radius 3 is 2.30 bits per heavy atom. The molecule has 0 aromatic heterocycles. The number of Topliss-reactive ketones (excluding diaryl/α,β-unsaturated/α-hetero) is 1. The molecule has 2 aromatic rings. The number of hydrogen-bond acceptors (Lipinski definition) is 4. The van der Waals surface area contributed by atoms with Crippen LogP contribution in [0, 0.1) is 0 Å². The summed E-state index contributed by atoms with van der Waals surface area (Å²) in [5, 5.41) is 0. The van der Waals surface area contributed by atoms with Gasteiger partial charge in [0.15, 0.2) is 5.78 Å². The Morgan fingerprint density at radius 1 is 1.00 bits per heavy atom. The van der Waals surface area contributed by atoms with Crippen molar-refractivity contribution in [3.05, 3.63) is 59.7 Å². The number of ether oxygens (including phenoxy) is 2. The van der Waals surface area contributed by atoms with Gasteiger partial charge in [-0.2, -0.15) is 0 Å². The van der Waals surface area contributed by atoms with Gasteiger partial charge >= 0.3 is 5.97 Å². The molecule has 0 unspecified atom stereocenters. The molecule has 4 heteroatoms. The lowest BCUT2D eigenvalue weighted by molar-refractivity contribution is 0.0734. The number of benzene rings is 2. The van der Waals surface area contributed by atoms with E-state index in [1.165, 1.54) is 20.1 Å². The molecule has 0 heterocycles. The fourth-order valence-corrected chi connectivity index (χ4v) is 1.77. The van der Waals surface area contributed by atoms with Crippen LogP contribution in [0.15, 0.2) is 48.5 Å². The highest BCUT2D eigenvalue weighted by molar-refractivity contribution is 5.97. The van der Waals surface area contributed by atoms with Crippen LogP contribution in [0.5, 0.6) is 11.5 Å². The van der Waals surface area contributed by atoms with E-state index in [2.05, 4.69) is 0 Å². The first-order chi connectivity index (χ1) is 9.61. The first kappa shape index (κ1) is 13.8. The van der Waals surface area contributed by atoms with Gasteiger partial charge in [-0.1, -0.05) is 18.2 Å². The van der Waals surface area contributed by atoms with E-state index in [0.717, 1.165) is 0 Å². The number of methoxy groups -OCH3 is 1. The summed E-state index contributed by atoms with van der Waals surface area (Å²) in [6.45, 7) is 1.45. The number of hydrogen-bond donors (Lipinski definition) is 0. The van der Waals surface area contributed by atoms with E-state index in [-0.39, 0.29) is 5.78 Å². The molecule has 0 aliphatic carbocycles. The van der Waals surface area contributed by atoms with Crippen molar-refractivity contribution in [1.82, 2.24) is 0 Å². The number of ketones is 1. The number of carbonyl (C=O) groups excluding carboxylic acids is 2. The summed E-state index contributed by atoms with van der Waals surface area (Å²) in [4.78, 5) is 23.3. The minimum absolute atomic E-state index is 0.109. The third kappa shape index (κ3) is 3.03. The van der Waals surface area contributed by atoms with Crippen molar-refractivity contribution in [2.45, 2.75) is 6.92 Å². The van der Waals surface area contributed by atoms with Crippen molar-refractivity contribution >= 4 is 11.8 Å². The average molecular weight is 270 g/mol. The van der Waals surface area contributed by atoms with E-state index in [1.54, 1.807) is 36.4 Å². The average Bonchev–Trinajstić information content (AvgIpc) is 2.47. The van der Waals surface area contributed by atoms with Gasteiger partial charge in [0.1, 0.15) is 11.5 Å². The van der Waals surface area contributed by atoms with Crippen LogP contribution in [-0.4, -0.2) is 18.9 Å². The van der Waals surface area contributed by atoms with E-state index in [0.29, 0.717) is 22.6 Å². The van der Waals surface area contributed by atoms with Crippen molar-refractivity contribution in [3.8, 4) is 11.5 Å². The molecule has 20 heavy (non-hydrogen) atoms. The minimum atomic E-state index is -0.455. The molecule has 0 atom stereocenters. The van der Waals surface area contributed by atoms with Crippen LogP contribution in [0.1, 0.15) is 27.6 Å². The van der Waals surface area contributed by atoms with Crippen LogP contribution in [-0.2, 0) is 0 Å². The van der Waals surface area contributed by atoms with Crippen molar-refractivity contribution in [3.63, 3.8) is 0 Å². The SMILES string of the molecule is COc1cc(OC(=O)c2ccccc2)ccc1C(C)=O. The molecule has 2 rings (SSSR count). The van der Waals surface area contributed by atoms with Crippen molar-refractivity contribution < 1.29 is 19.1 Å². The fourth-order valence-electron chi connectivity index (χ4n) is 1.77. The molecule has 0 N–H and O–H groups in total. The predicted octanol–water partition coefficient (Wildman–Crippen LogP) is 3.12. The summed E-state index contributed by atoms with van der Waals surface area (Å²) in [7, 11) is 1.46. The lowest BCUT2D eigenvalue weighted by Crippen LogP contribution is -2.08. The standard InChI is InChI=1S/C16H14O4/c1-11(17)14-9-8-13(10-15(14)19-2)20-16(18)12-6-4-3-5-7-12/h3-10H,1-2H3. The van der Waals surface area contributed by atoms with Crippen molar-refractivity contribution in [2.24, 2.45) is 0 Å². The zero-order chi connectivity index (χ0) is 14.5. The molecular formula is C16H14O4. The Hall–Kier alpha value is -2.62. The Balaban J connectivity index is 2.22. The number of rotatable bonds is 4. The van der Waals surface area contributed by atoms with Gasteiger partial charge in [0, 0.05) is 6.07 Å². The minimum Gasteiger partial charge on any atom is -0.496 e. The summed E-state index contributed by atoms with van der Waals surface area (Å²) in [6, 6.07) is 13.4. The molecule has 0 radical (unpaired) electrons. The van der Waals surface area contributed by atoms with Crippen LogP contribution in [0.4, 0.5) is 0 Å². The van der Waals surface area contributed by atoms with Gasteiger partial charge in [0.2, 0.25) is 0 Å². The topological polar surface area (TPSA) is 52.6 Å². The Morgan fingerprint density at radius 2 is 1.70 bits per heavy atom. The fraction of sp³-hybridized carbons (Fsp3) is 0.125. The summed E-state index contributed by atoms with van der Waals surface area (Å²) < 4.78 is 10.4. The molecule has 4 nitrogen and oxygen atoms in total. The van der Waals surface area contributed by atoms with Crippen LogP contribution >= 0.6 is 0 Å². The van der Waals surface area contributed by atoms with Crippen molar-refractivity contribution in [1.29, 1.82) is 0 Å². The van der Waals surface area contributed by atoms with Gasteiger partial charge in [-0.3, -0.25) is 4.79 Å². The molecule has 2 aromatic carbocycles. The summed E-state index contributed by atoms with van der Waals surface area (Å²) >= 11 is 0. The lowest BCUT2D eigenvalue weighted by atomic mass is 10.1. The molecule has 102 valence electrons. The largest absolute Gasteiger partial charge is 0.496 e. The van der Waals surface area contributed by atoms with Gasteiger partial charge in [-0.05, 0) is 31.2 Å². The highest BCUT2D eigenvalue weighted by Gasteiger charge is 2.12. The van der Waals surface area contributed by atoms with Crippen LogP contribution in [0.25, 0.3) is 0 Å². The second kappa shape index (κ2) is 6.02. The molecule has 0 saturated carbocycles. The third-order valence-electron chi connectivity index (χ3n) is 2.77. The molecule has 0 saturated heterocycles. The van der Waals surface area contributed by atoms with Crippen LogP contribution in [0.3, 0.4) is 0 Å². The normalized spacial score (nSPS) is 9.90. The van der Waals surface area contributed by atoms with Crippen LogP contribution < -0.4 is 9.47 Å². The smallest absolute Gasteiger partial charge is 0.343 e. The number of carbonyl (C=O) groups is 2. The lowest BCUT2D eigenvalue weighted by Gasteiger charge is -2.09. The second-order valence-electron chi connectivity index (χ2n) is 4.17. The quantitative estimate of drug-likeness (QED) is 0.486. The highest BCUT2D eigenvalue weighted by atomic mass is 16.5. The third-order valence-corrected chi connectivity index (χ3v) is 2.77. The molecule has 0 aliphatic rings. The van der Waals surface area contributed by atoms with Crippen LogP contribution in [0.2, 0.25) is 0 Å². The summed E-state index contributed by atoms with van der Waals surface area (Å²) in [6.07, 6.45) is 0. The first-order valence-corrected chi connectivity index (χ1v) is 6.08. The summed E-state index contributed by atoms with van der Waals surface area (Å²) in [5.41, 5.74) is 0.911. The number of esters is 1. The van der Waals surface area contributed by atoms with Gasteiger partial charge in [-0.15, -0.1) is 0 Å². The molecule has 0 amide bonds. The van der Waals surface area contributed by atoms with E-state index >= 15 is 0 Å². The zero-order valence-electron chi connectivity index (χ0n) is 11.3. The monoisotopic (exact) mass is 270 g/mol. The first-order valence-electron chi connectivity index (χ1n) is 6.08. The van der Waals surface area contributed by atoms with E-state index in [9.17, 15) is 9.59 Å². The van der Waals surface area contributed by atoms with Gasteiger partial charge < -0.3 is 9.47 Å². The maximum absolute atomic E-state index is 11.9. The summed E-state index contributed by atoms with van der Waals surface area (Å²) in [5.74, 6) is 0.155. The van der Waals surface area contributed by atoms with E-state index in [1.807, 2.05) is 6.07 Å². The van der Waals surface area contributed by atoms with Gasteiger partial charge in [0.25, 0.3) is 0 Å². The molecule has 0 aliphatic heterocycles. The predicted molar refractivity (Wildman–Crippen MR) is 74.4 cm³/mol. The molecular weight excluding hydrogens is 256 g/mol. The van der Waals surface area contributed by atoms with Gasteiger partial charge in [0.05, 0.1) is 18.2 Å². The Labute approximate surface area is 116 Å². The van der Waals surface area contributed by atoms with Gasteiger partial charge in [-0.25, -0.2) is 4.79 Å². The van der Waals surface area contributed by atoms with E-state index < -0.39 is 5.97 Å². The molecule has 0 fully saturated rings. The molecule has 0 bridgehead atoms. The maximum atomic E-state index is 11.9. The highest BCUT2D eigenvalue weighted by Crippen LogP contribution is 2.25. The zero-order valence-corrected chi connectivity index (χ0v) is 11.3. The Kier molecular flexibility index (Phi) is 4.15. The maximum Gasteiger partial charge on any atom is 0.343 e. The van der Waals surface area contributed by atoms with E-state index in [4.69, 9.17) is 9.47 Å². The second-order valence-corrected chi connectivity index (χ2v) is 4.17. The Bertz CT molecular complexity index is 632. The van der Waals surface area contributed by atoms with Crippen molar-refractivity contribution in [2.75, 3.05) is 7.11 Å².